The van der Waals surface area contributed by atoms with Gasteiger partial charge in [-0.1, -0.05) is 6.92 Å². The van der Waals surface area contributed by atoms with Crippen LogP contribution in [-0.2, 0) is 4.79 Å². The first-order valence-corrected chi connectivity index (χ1v) is 4.62. The highest BCUT2D eigenvalue weighted by Gasteiger charge is 2.10. The van der Waals surface area contributed by atoms with Crippen LogP contribution in [0.25, 0.3) is 0 Å². The number of nitrogens with zero attached hydrogens (tertiary/aromatic N) is 1. The van der Waals surface area contributed by atoms with E-state index in [-0.39, 0.29) is 5.91 Å². The number of amides is 1. The van der Waals surface area contributed by atoms with Crippen molar-refractivity contribution in [3.63, 3.8) is 0 Å². The first-order valence-electron chi connectivity index (χ1n) is 4.62. The summed E-state index contributed by atoms with van der Waals surface area (Å²) in [5.74, 6) is -0.168. The van der Waals surface area contributed by atoms with E-state index >= 15 is 0 Å². The van der Waals surface area contributed by atoms with Gasteiger partial charge in [0.15, 0.2) is 0 Å². The van der Waals surface area contributed by atoms with Crippen LogP contribution >= 0.6 is 0 Å². The van der Waals surface area contributed by atoms with Gasteiger partial charge >= 0.3 is 0 Å². The first-order chi connectivity index (χ1) is 6.63. The number of pyridine rings is 1. The van der Waals surface area contributed by atoms with Gasteiger partial charge in [-0.3, -0.25) is 9.78 Å². The number of aryl methyl sites for hydroxylation is 1. The van der Waals surface area contributed by atoms with Crippen LogP contribution in [0.15, 0.2) is 18.3 Å². The molecule has 0 radical (unpaired) electrons. The highest BCUT2D eigenvalue weighted by Crippen LogP contribution is 2.05. The summed E-state index contributed by atoms with van der Waals surface area (Å²) in [5, 5.41) is 2.69. The highest BCUT2D eigenvalue weighted by atomic mass is 16.2. The fourth-order valence-electron chi connectivity index (χ4n) is 0.962. The summed E-state index contributed by atoms with van der Waals surface area (Å²) >= 11 is 0. The molecule has 0 saturated carbocycles. The molecule has 0 aliphatic heterocycles. The SMILES string of the molecule is CC[C@@H](N)C(=O)Nc1ccc(C)nc1. The molecule has 1 atom stereocenters. The Bertz CT molecular complexity index is 308. The fourth-order valence-corrected chi connectivity index (χ4v) is 0.962. The van der Waals surface area contributed by atoms with Crippen molar-refractivity contribution in [2.45, 2.75) is 26.3 Å². The summed E-state index contributed by atoms with van der Waals surface area (Å²) in [6.45, 7) is 3.76. The molecule has 0 unspecified atom stereocenters. The van der Waals surface area contributed by atoms with Crippen molar-refractivity contribution in [1.82, 2.24) is 4.98 Å². The van der Waals surface area contributed by atoms with Crippen molar-refractivity contribution < 1.29 is 4.79 Å². The Balaban J connectivity index is 2.60. The van der Waals surface area contributed by atoms with E-state index in [1.807, 2.05) is 26.0 Å². The van der Waals surface area contributed by atoms with Crippen LogP contribution in [0, 0.1) is 6.92 Å². The van der Waals surface area contributed by atoms with E-state index in [4.69, 9.17) is 5.73 Å². The lowest BCUT2D eigenvalue weighted by Gasteiger charge is -2.09. The van der Waals surface area contributed by atoms with Crippen LogP contribution in [-0.4, -0.2) is 16.9 Å². The largest absolute Gasteiger partial charge is 0.323 e. The molecule has 14 heavy (non-hydrogen) atoms. The first kappa shape index (κ1) is 10.7. The number of anilines is 1. The van der Waals surface area contributed by atoms with Crippen molar-refractivity contribution in [1.29, 1.82) is 0 Å². The summed E-state index contributed by atoms with van der Waals surface area (Å²) in [7, 11) is 0. The minimum absolute atomic E-state index is 0.168. The molecule has 1 aromatic heterocycles. The average Bonchev–Trinajstić information content (AvgIpc) is 2.20. The Kier molecular flexibility index (Phi) is 3.59. The van der Waals surface area contributed by atoms with E-state index in [1.165, 1.54) is 0 Å². The van der Waals surface area contributed by atoms with Crippen molar-refractivity contribution in [3.8, 4) is 0 Å². The van der Waals surface area contributed by atoms with Gasteiger partial charge < -0.3 is 11.1 Å². The van der Waals surface area contributed by atoms with Gasteiger partial charge in [0.2, 0.25) is 5.91 Å². The van der Waals surface area contributed by atoms with Crippen molar-refractivity contribution in [3.05, 3.63) is 24.0 Å². The number of hydrogen-bond acceptors (Lipinski definition) is 3. The van der Waals surface area contributed by atoms with Crippen LogP contribution in [0.4, 0.5) is 5.69 Å². The van der Waals surface area contributed by atoms with Gasteiger partial charge in [0.1, 0.15) is 0 Å². The normalized spacial score (nSPS) is 12.2. The lowest BCUT2D eigenvalue weighted by molar-refractivity contribution is -0.117. The van der Waals surface area contributed by atoms with E-state index in [0.29, 0.717) is 12.1 Å². The third-order valence-corrected chi connectivity index (χ3v) is 1.96. The molecule has 1 heterocycles. The Hall–Kier alpha value is -1.42. The molecule has 4 nitrogen and oxygen atoms in total. The van der Waals surface area contributed by atoms with E-state index < -0.39 is 6.04 Å². The molecule has 0 fully saturated rings. The van der Waals surface area contributed by atoms with Crippen molar-refractivity contribution in [2.75, 3.05) is 5.32 Å². The second-order valence-corrected chi connectivity index (χ2v) is 3.19. The van der Waals surface area contributed by atoms with Gasteiger partial charge in [-0.2, -0.15) is 0 Å². The predicted octanol–water partition coefficient (Wildman–Crippen LogP) is 1.07. The summed E-state index contributed by atoms with van der Waals surface area (Å²) in [5.41, 5.74) is 7.17. The summed E-state index contributed by atoms with van der Waals surface area (Å²) in [4.78, 5) is 15.4. The number of nitrogens with two attached hydrogens (primary N) is 1. The smallest absolute Gasteiger partial charge is 0.241 e. The molecule has 0 aromatic carbocycles. The molecule has 0 bridgehead atoms. The Morgan fingerprint density at radius 2 is 2.36 bits per heavy atom. The zero-order valence-corrected chi connectivity index (χ0v) is 8.45. The summed E-state index contributed by atoms with van der Waals surface area (Å²) in [6, 6.07) is 3.20. The van der Waals surface area contributed by atoms with E-state index in [9.17, 15) is 4.79 Å². The number of carbonyl (C=O) groups is 1. The molecule has 1 amide bonds. The van der Waals surface area contributed by atoms with Crippen LogP contribution in [0.3, 0.4) is 0 Å². The van der Waals surface area contributed by atoms with Crippen LogP contribution in [0.2, 0.25) is 0 Å². The second-order valence-electron chi connectivity index (χ2n) is 3.19. The van der Waals surface area contributed by atoms with Gasteiger partial charge in [0, 0.05) is 5.69 Å². The molecule has 4 heteroatoms. The second kappa shape index (κ2) is 4.72. The van der Waals surface area contributed by atoms with Crippen LogP contribution in [0.5, 0.6) is 0 Å². The van der Waals surface area contributed by atoms with E-state index in [2.05, 4.69) is 10.3 Å². The monoisotopic (exact) mass is 193 g/mol. The quantitative estimate of drug-likeness (QED) is 0.754. The van der Waals surface area contributed by atoms with Gasteiger partial charge in [0.25, 0.3) is 0 Å². The van der Waals surface area contributed by atoms with Crippen LogP contribution < -0.4 is 11.1 Å². The minimum Gasteiger partial charge on any atom is -0.323 e. The molecule has 3 N–H and O–H groups in total. The molecule has 1 rings (SSSR count). The minimum atomic E-state index is -0.448. The number of carbonyl (C=O) groups excluding carboxylic acids is 1. The number of nitrogens with one attached hydrogen (secondary N) is 1. The summed E-state index contributed by atoms with van der Waals surface area (Å²) < 4.78 is 0. The lowest BCUT2D eigenvalue weighted by Crippen LogP contribution is -2.34. The van der Waals surface area contributed by atoms with Crippen molar-refractivity contribution >= 4 is 11.6 Å². The Labute approximate surface area is 83.5 Å². The van der Waals surface area contributed by atoms with Gasteiger partial charge in [-0.25, -0.2) is 0 Å². The molecular weight excluding hydrogens is 178 g/mol. The molecule has 76 valence electrons. The van der Waals surface area contributed by atoms with Gasteiger partial charge in [-0.05, 0) is 25.5 Å². The standard InChI is InChI=1S/C10H15N3O/c1-3-9(11)10(14)13-8-5-4-7(2)12-6-8/h4-6,9H,3,11H2,1-2H3,(H,13,14)/t9-/m1/s1. The maximum absolute atomic E-state index is 11.4. The van der Waals surface area contributed by atoms with E-state index in [0.717, 1.165) is 5.69 Å². The maximum Gasteiger partial charge on any atom is 0.241 e. The lowest BCUT2D eigenvalue weighted by atomic mass is 10.2. The third kappa shape index (κ3) is 2.81. The molecular formula is C10H15N3O. The predicted molar refractivity (Wildman–Crippen MR) is 55.9 cm³/mol. The van der Waals surface area contributed by atoms with Crippen LogP contribution in [0.1, 0.15) is 19.0 Å². The van der Waals surface area contributed by atoms with E-state index in [1.54, 1.807) is 6.20 Å². The third-order valence-electron chi connectivity index (χ3n) is 1.96. The maximum atomic E-state index is 11.4. The van der Waals surface area contributed by atoms with Gasteiger partial charge in [0.05, 0.1) is 17.9 Å². The zero-order chi connectivity index (χ0) is 10.6. The molecule has 0 saturated heterocycles. The topological polar surface area (TPSA) is 68.0 Å². The number of hydrogen-bond donors (Lipinski definition) is 2. The highest BCUT2D eigenvalue weighted by molar-refractivity contribution is 5.94. The van der Waals surface area contributed by atoms with Crippen molar-refractivity contribution in [2.24, 2.45) is 5.73 Å². The van der Waals surface area contributed by atoms with Gasteiger partial charge in [-0.15, -0.1) is 0 Å². The average molecular weight is 193 g/mol. The number of rotatable bonds is 3. The Morgan fingerprint density at radius 1 is 1.64 bits per heavy atom. The Morgan fingerprint density at radius 3 is 2.86 bits per heavy atom. The number of aromatic nitrogens is 1. The molecule has 1 aromatic rings. The molecule has 0 aliphatic rings. The molecule has 0 aliphatic carbocycles. The zero-order valence-electron chi connectivity index (χ0n) is 8.45. The fraction of sp³-hybridized carbons (Fsp3) is 0.400. The molecule has 0 spiro atoms. The summed E-state index contributed by atoms with van der Waals surface area (Å²) in [6.07, 6.45) is 2.25.